The second kappa shape index (κ2) is 9.49. The highest BCUT2D eigenvalue weighted by atomic mass is 19.4. The Hall–Kier alpha value is -2.69. The predicted molar refractivity (Wildman–Crippen MR) is 111 cm³/mol. The molecule has 5 heteroatoms. The zero-order valence-electron chi connectivity index (χ0n) is 16.7. The van der Waals surface area contributed by atoms with Gasteiger partial charge in [-0.2, -0.15) is 13.2 Å². The first-order valence-electron chi connectivity index (χ1n) is 9.31. The maximum Gasteiger partial charge on any atom is 0.416 e. The molecule has 28 heavy (non-hydrogen) atoms. The molecule has 0 aliphatic carbocycles. The van der Waals surface area contributed by atoms with E-state index in [1.165, 1.54) is 24.1 Å². The van der Waals surface area contributed by atoms with Crippen molar-refractivity contribution in [2.75, 3.05) is 12.4 Å². The van der Waals surface area contributed by atoms with Crippen LogP contribution < -0.4 is 10.6 Å². The summed E-state index contributed by atoms with van der Waals surface area (Å²) in [4.78, 5) is 0. The van der Waals surface area contributed by atoms with Gasteiger partial charge in [0.05, 0.1) is 5.57 Å². The van der Waals surface area contributed by atoms with E-state index in [0.29, 0.717) is 29.8 Å². The van der Waals surface area contributed by atoms with Crippen LogP contribution in [0.5, 0.6) is 0 Å². The van der Waals surface area contributed by atoms with E-state index in [1.807, 2.05) is 36.4 Å². The van der Waals surface area contributed by atoms with Crippen LogP contribution in [0, 0.1) is 6.92 Å². The molecule has 2 N–H and O–H groups in total. The fourth-order valence-electron chi connectivity index (χ4n) is 2.85. The second-order valence-corrected chi connectivity index (χ2v) is 6.71. The Morgan fingerprint density at radius 2 is 1.68 bits per heavy atom. The molecule has 0 aliphatic heterocycles. The topological polar surface area (TPSA) is 24.1 Å². The minimum absolute atomic E-state index is 0.316. The van der Waals surface area contributed by atoms with Crippen LogP contribution in [0.4, 0.5) is 18.9 Å². The molecule has 0 atom stereocenters. The van der Waals surface area contributed by atoms with E-state index in [-0.39, 0.29) is 0 Å². The summed E-state index contributed by atoms with van der Waals surface area (Å²) < 4.78 is 40.2. The highest BCUT2D eigenvalue weighted by molar-refractivity contribution is 5.68. The number of hydrogen-bond acceptors (Lipinski definition) is 2. The van der Waals surface area contributed by atoms with E-state index < -0.39 is 11.7 Å². The summed E-state index contributed by atoms with van der Waals surface area (Å²) in [7, 11) is 1.63. The number of allylic oxidation sites excluding steroid dienone is 3. The van der Waals surface area contributed by atoms with Gasteiger partial charge in [-0.25, -0.2) is 0 Å². The van der Waals surface area contributed by atoms with E-state index in [9.17, 15) is 13.2 Å². The number of aryl methyl sites for hydroxylation is 1. The van der Waals surface area contributed by atoms with Crippen molar-refractivity contribution in [1.82, 2.24) is 5.32 Å². The minimum atomic E-state index is -4.38. The van der Waals surface area contributed by atoms with Gasteiger partial charge in [0.2, 0.25) is 0 Å². The molecule has 2 nitrogen and oxygen atoms in total. The molecule has 0 bridgehead atoms. The third-order valence-corrected chi connectivity index (χ3v) is 4.79. The molecule has 0 fully saturated rings. The van der Waals surface area contributed by atoms with Gasteiger partial charge >= 0.3 is 6.18 Å². The number of alkyl halides is 3. The first-order valence-corrected chi connectivity index (χ1v) is 9.31. The fourth-order valence-corrected chi connectivity index (χ4v) is 2.85. The maximum absolute atomic E-state index is 13.4. The fraction of sp³-hybridized carbons (Fsp3) is 0.304. The molecule has 2 rings (SSSR count). The quantitative estimate of drug-likeness (QED) is 0.532. The normalized spacial score (nSPS) is 13.2. The van der Waals surface area contributed by atoms with Crippen LogP contribution in [0.15, 0.2) is 65.8 Å². The smallest absolute Gasteiger partial charge is 0.388 e. The summed E-state index contributed by atoms with van der Waals surface area (Å²) in [6.07, 6.45) is -2.84. The summed E-state index contributed by atoms with van der Waals surface area (Å²) in [6, 6.07) is 15.5. The number of benzene rings is 2. The molecular weight excluding hydrogens is 361 g/mol. The van der Waals surface area contributed by atoms with Crippen LogP contribution in [0.25, 0.3) is 5.70 Å². The lowest BCUT2D eigenvalue weighted by Gasteiger charge is -2.15. The molecule has 150 valence electrons. The molecule has 2 aromatic carbocycles. The van der Waals surface area contributed by atoms with Crippen molar-refractivity contribution in [1.29, 1.82) is 0 Å². The maximum atomic E-state index is 13.4. The second-order valence-electron chi connectivity index (χ2n) is 6.71. The van der Waals surface area contributed by atoms with E-state index >= 15 is 0 Å². The number of rotatable bonds is 7. The minimum Gasteiger partial charge on any atom is -0.388 e. The molecule has 0 aliphatic rings. The third-order valence-electron chi connectivity index (χ3n) is 4.79. The van der Waals surface area contributed by atoms with Gasteiger partial charge in [-0.15, -0.1) is 0 Å². The summed E-state index contributed by atoms with van der Waals surface area (Å²) in [5.41, 5.74) is 4.19. The number of nitrogens with one attached hydrogen (secondary N) is 2. The van der Waals surface area contributed by atoms with E-state index in [1.54, 1.807) is 14.0 Å². The van der Waals surface area contributed by atoms with Crippen LogP contribution >= 0.6 is 0 Å². The Morgan fingerprint density at radius 3 is 2.21 bits per heavy atom. The van der Waals surface area contributed by atoms with Crippen molar-refractivity contribution in [2.24, 2.45) is 0 Å². The lowest BCUT2D eigenvalue weighted by molar-refractivity contribution is -0.0890. The van der Waals surface area contributed by atoms with Crippen LogP contribution in [0.3, 0.4) is 0 Å². The van der Waals surface area contributed by atoms with E-state index in [2.05, 4.69) is 29.7 Å². The van der Waals surface area contributed by atoms with Crippen LogP contribution in [0.1, 0.15) is 37.0 Å². The summed E-state index contributed by atoms with van der Waals surface area (Å²) in [5.74, 6) is 0. The average Bonchev–Trinajstić information content (AvgIpc) is 2.67. The van der Waals surface area contributed by atoms with Crippen molar-refractivity contribution in [3.63, 3.8) is 0 Å². The lowest BCUT2D eigenvalue weighted by atomic mass is 10.0. The lowest BCUT2D eigenvalue weighted by Crippen LogP contribution is -2.15. The molecule has 0 aromatic heterocycles. The average molecular weight is 388 g/mol. The van der Waals surface area contributed by atoms with Crippen molar-refractivity contribution < 1.29 is 13.2 Å². The first kappa shape index (κ1) is 21.6. The van der Waals surface area contributed by atoms with Gasteiger partial charge in [0.15, 0.2) is 0 Å². The highest BCUT2D eigenvalue weighted by Gasteiger charge is 2.33. The molecule has 0 amide bonds. The van der Waals surface area contributed by atoms with E-state index in [4.69, 9.17) is 0 Å². The first-order chi connectivity index (χ1) is 13.3. The van der Waals surface area contributed by atoms with Gasteiger partial charge in [0.1, 0.15) is 0 Å². The Labute approximate surface area is 165 Å². The molecule has 0 radical (unpaired) electrons. The van der Waals surface area contributed by atoms with Crippen molar-refractivity contribution in [2.45, 2.75) is 39.9 Å². The standard InChI is InChI=1S/C23H27F3N2/c1-5-16(2)21(23(24,25)26)14-22(27-4)18-10-12-20(13-11-18)28-15-19-9-7-6-8-17(19)3/h6-14,27-28H,5,15H2,1-4H3/b21-16?,22-14-. The predicted octanol–water partition coefficient (Wildman–Crippen LogP) is 6.46. The van der Waals surface area contributed by atoms with Crippen molar-refractivity contribution in [3.8, 4) is 0 Å². The monoisotopic (exact) mass is 388 g/mol. The Balaban J connectivity index is 2.21. The number of anilines is 1. The summed E-state index contributed by atoms with van der Waals surface area (Å²) in [5, 5.41) is 6.24. The largest absolute Gasteiger partial charge is 0.416 e. The summed E-state index contributed by atoms with van der Waals surface area (Å²) in [6.45, 7) is 6.00. The Morgan fingerprint density at radius 1 is 1.04 bits per heavy atom. The molecule has 0 spiro atoms. The Bertz CT molecular complexity index is 847. The molecule has 0 saturated carbocycles. The van der Waals surface area contributed by atoms with Crippen LogP contribution in [-0.2, 0) is 6.54 Å². The van der Waals surface area contributed by atoms with Gasteiger partial charge < -0.3 is 10.6 Å². The van der Waals surface area contributed by atoms with Crippen LogP contribution in [-0.4, -0.2) is 13.2 Å². The number of hydrogen-bond donors (Lipinski definition) is 2. The van der Waals surface area contributed by atoms with Gasteiger partial charge in [-0.05, 0) is 55.2 Å². The molecular formula is C23H27F3N2. The highest BCUT2D eigenvalue weighted by Crippen LogP contribution is 2.32. The zero-order valence-corrected chi connectivity index (χ0v) is 16.7. The molecule has 0 unspecified atom stereocenters. The molecule has 0 saturated heterocycles. The SMILES string of the molecule is CCC(C)=C(/C=C(\NC)c1ccc(NCc2ccccc2C)cc1)C(F)(F)F. The van der Waals surface area contributed by atoms with Gasteiger partial charge in [-0.3, -0.25) is 0 Å². The summed E-state index contributed by atoms with van der Waals surface area (Å²) >= 11 is 0. The zero-order chi connectivity index (χ0) is 20.7. The van der Waals surface area contributed by atoms with Gasteiger partial charge in [-0.1, -0.05) is 48.9 Å². The van der Waals surface area contributed by atoms with Gasteiger partial charge in [0, 0.05) is 25.0 Å². The van der Waals surface area contributed by atoms with Crippen molar-refractivity contribution in [3.05, 3.63) is 82.4 Å². The van der Waals surface area contributed by atoms with E-state index in [0.717, 1.165) is 5.69 Å². The third kappa shape index (κ3) is 5.65. The molecule has 0 heterocycles. The van der Waals surface area contributed by atoms with Crippen molar-refractivity contribution >= 4 is 11.4 Å². The Kier molecular flexibility index (Phi) is 7.32. The van der Waals surface area contributed by atoms with Gasteiger partial charge in [0.25, 0.3) is 0 Å². The molecule has 2 aromatic rings. The number of halogens is 3. The van der Waals surface area contributed by atoms with Crippen LogP contribution in [0.2, 0.25) is 0 Å².